The van der Waals surface area contributed by atoms with E-state index in [-0.39, 0.29) is 11.9 Å². The highest BCUT2D eigenvalue weighted by molar-refractivity contribution is 7.09. The summed E-state index contributed by atoms with van der Waals surface area (Å²) < 4.78 is 5.91. The maximum absolute atomic E-state index is 12.4. The molecule has 0 aliphatic heterocycles. The predicted octanol–water partition coefficient (Wildman–Crippen LogP) is 5.54. The Morgan fingerprint density at radius 2 is 2.00 bits per heavy atom. The number of hydrogen-bond donors (Lipinski definition) is 1. The molecule has 1 aromatic heterocycles. The van der Waals surface area contributed by atoms with Crippen molar-refractivity contribution in [1.29, 1.82) is 0 Å². The molecule has 1 atom stereocenters. The van der Waals surface area contributed by atoms with Crippen LogP contribution in [0.15, 0.2) is 53.9 Å². The van der Waals surface area contributed by atoms with Crippen LogP contribution in [-0.4, -0.2) is 10.9 Å². The fraction of sp³-hybridized carbons (Fsp3) is 0.250. The van der Waals surface area contributed by atoms with Crippen molar-refractivity contribution in [3.8, 4) is 5.75 Å². The first-order valence-corrected chi connectivity index (χ1v) is 10.5. The largest absolute Gasteiger partial charge is 0.487 e. The smallest absolute Gasteiger partial charge is 0.244 e. The van der Waals surface area contributed by atoms with E-state index in [4.69, 9.17) is 4.74 Å². The van der Waals surface area contributed by atoms with Crippen molar-refractivity contribution >= 4 is 23.3 Å². The Labute approximate surface area is 176 Å². The van der Waals surface area contributed by atoms with E-state index in [2.05, 4.69) is 42.3 Å². The molecule has 3 rings (SSSR count). The number of nitrogens with zero attached hydrogens (tertiary/aromatic N) is 1. The number of nitrogens with one attached hydrogen (secondary N) is 1. The standard InChI is InChI=1S/C24H26N2O2S/c1-16-9-10-17(2)22(13-16)18(3)25-24(27)12-11-20-7-5-6-8-23(20)28-14-21-15-29-19(4)26-21/h5-13,15,18H,14H2,1-4H3,(H,25,27)/b12-11+. The quantitative estimate of drug-likeness (QED) is 0.524. The second kappa shape index (κ2) is 9.52. The van der Waals surface area contributed by atoms with Gasteiger partial charge in [0.1, 0.15) is 12.4 Å². The zero-order chi connectivity index (χ0) is 20.8. The van der Waals surface area contributed by atoms with Gasteiger partial charge in [-0.1, -0.05) is 42.0 Å². The topological polar surface area (TPSA) is 51.2 Å². The van der Waals surface area contributed by atoms with Gasteiger partial charge in [-0.25, -0.2) is 4.98 Å². The summed E-state index contributed by atoms with van der Waals surface area (Å²) in [5.41, 5.74) is 5.25. The molecule has 0 bridgehead atoms. The number of amides is 1. The average molecular weight is 407 g/mol. The Balaban J connectivity index is 1.64. The number of aryl methyl sites for hydroxylation is 3. The molecule has 4 nitrogen and oxygen atoms in total. The van der Waals surface area contributed by atoms with Gasteiger partial charge in [0.2, 0.25) is 5.91 Å². The summed E-state index contributed by atoms with van der Waals surface area (Å²) in [6, 6.07) is 13.9. The molecule has 0 spiro atoms. The molecule has 1 N–H and O–H groups in total. The normalized spacial score (nSPS) is 12.1. The number of aromatic nitrogens is 1. The number of benzene rings is 2. The van der Waals surface area contributed by atoms with E-state index in [1.165, 1.54) is 11.1 Å². The Kier molecular flexibility index (Phi) is 6.83. The van der Waals surface area contributed by atoms with Gasteiger partial charge in [-0.2, -0.15) is 0 Å². The molecule has 29 heavy (non-hydrogen) atoms. The Morgan fingerprint density at radius 1 is 1.21 bits per heavy atom. The van der Waals surface area contributed by atoms with Crippen molar-refractivity contribution in [3.63, 3.8) is 0 Å². The van der Waals surface area contributed by atoms with E-state index in [9.17, 15) is 4.79 Å². The van der Waals surface area contributed by atoms with E-state index >= 15 is 0 Å². The van der Waals surface area contributed by atoms with Gasteiger partial charge < -0.3 is 10.1 Å². The molecule has 5 heteroatoms. The maximum Gasteiger partial charge on any atom is 0.244 e. The predicted molar refractivity (Wildman–Crippen MR) is 119 cm³/mol. The average Bonchev–Trinajstić information content (AvgIpc) is 3.12. The molecule has 150 valence electrons. The zero-order valence-electron chi connectivity index (χ0n) is 17.2. The molecule has 0 fully saturated rings. The van der Waals surface area contributed by atoms with Gasteiger partial charge in [0, 0.05) is 17.0 Å². The number of ether oxygens (including phenoxy) is 1. The van der Waals surface area contributed by atoms with E-state index in [0.29, 0.717) is 6.61 Å². The molecule has 0 aliphatic carbocycles. The minimum atomic E-state index is -0.136. The molecular formula is C24H26N2O2S. The number of rotatable bonds is 7. The monoisotopic (exact) mass is 406 g/mol. The molecule has 1 amide bonds. The number of carbonyl (C=O) groups excluding carboxylic acids is 1. The molecule has 2 aromatic carbocycles. The van der Waals surface area contributed by atoms with Crippen LogP contribution in [0, 0.1) is 20.8 Å². The summed E-state index contributed by atoms with van der Waals surface area (Å²) in [6.45, 7) is 8.50. The Bertz CT molecular complexity index is 1020. The summed E-state index contributed by atoms with van der Waals surface area (Å²) >= 11 is 1.61. The van der Waals surface area contributed by atoms with Crippen molar-refractivity contribution < 1.29 is 9.53 Å². The lowest BCUT2D eigenvalue weighted by atomic mass is 10.00. The van der Waals surface area contributed by atoms with E-state index in [1.54, 1.807) is 23.5 Å². The van der Waals surface area contributed by atoms with E-state index in [0.717, 1.165) is 27.6 Å². The molecule has 0 aliphatic rings. The van der Waals surface area contributed by atoms with Gasteiger partial charge in [-0.05, 0) is 51.0 Å². The summed E-state index contributed by atoms with van der Waals surface area (Å²) in [5, 5.41) is 6.06. The number of hydrogen-bond acceptors (Lipinski definition) is 4. The lowest BCUT2D eigenvalue weighted by Crippen LogP contribution is -2.25. The third kappa shape index (κ3) is 5.78. The molecule has 3 aromatic rings. The van der Waals surface area contributed by atoms with Crippen LogP contribution in [0.5, 0.6) is 5.75 Å². The highest BCUT2D eigenvalue weighted by Gasteiger charge is 2.11. The first kappa shape index (κ1) is 20.8. The van der Waals surface area contributed by atoms with Crippen LogP contribution in [0.3, 0.4) is 0 Å². The van der Waals surface area contributed by atoms with E-state index < -0.39 is 0 Å². The second-order valence-corrected chi connectivity index (χ2v) is 8.17. The van der Waals surface area contributed by atoms with Gasteiger partial charge in [-0.3, -0.25) is 4.79 Å². The van der Waals surface area contributed by atoms with Crippen molar-refractivity contribution in [2.45, 2.75) is 40.3 Å². The van der Waals surface area contributed by atoms with Crippen molar-refractivity contribution in [3.05, 3.63) is 86.9 Å². The Morgan fingerprint density at radius 3 is 2.76 bits per heavy atom. The van der Waals surface area contributed by atoms with Gasteiger partial charge in [0.15, 0.2) is 0 Å². The van der Waals surface area contributed by atoms with Crippen molar-refractivity contribution in [2.24, 2.45) is 0 Å². The van der Waals surface area contributed by atoms with Crippen LogP contribution in [0.2, 0.25) is 0 Å². The van der Waals surface area contributed by atoms with Crippen LogP contribution in [0.25, 0.3) is 6.08 Å². The Hall–Kier alpha value is -2.92. The first-order valence-electron chi connectivity index (χ1n) is 9.61. The van der Waals surface area contributed by atoms with Crippen LogP contribution >= 0.6 is 11.3 Å². The van der Waals surface area contributed by atoms with Crippen LogP contribution in [0.4, 0.5) is 0 Å². The molecular weight excluding hydrogens is 380 g/mol. The van der Waals surface area contributed by atoms with Crippen LogP contribution < -0.4 is 10.1 Å². The zero-order valence-corrected chi connectivity index (χ0v) is 18.0. The van der Waals surface area contributed by atoms with Gasteiger partial charge >= 0.3 is 0 Å². The minimum Gasteiger partial charge on any atom is -0.487 e. The first-order chi connectivity index (χ1) is 13.9. The molecule has 0 saturated carbocycles. The summed E-state index contributed by atoms with van der Waals surface area (Å²) in [4.78, 5) is 16.9. The molecule has 1 unspecified atom stereocenters. The van der Waals surface area contributed by atoms with E-state index in [1.807, 2.05) is 43.5 Å². The van der Waals surface area contributed by atoms with Gasteiger partial charge in [0.25, 0.3) is 0 Å². The third-order valence-electron chi connectivity index (χ3n) is 4.64. The third-order valence-corrected chi connectivity index (χ3v) is 5.46. The minimum absolute atomic E-state index is 0.0635. The van der Waals surface area contributed by atoms with Crippen molar-refractivity contribution in [1.82, 2.24) is 10.3 Å². The second-order valence-electron chi connectivity index (χ2n) is 7.11. The fourth-order valence-electron chi connectivity index (χ4n) is 3.11. The highest BCUT2D eigenvalue weighted by Crippen LogP contribution is 2.22. The summed E-state index contributed by atoms with van der Waals surface area (Å²) in [6.07, 6.45) is 3.34. The summed E-state index contributed by atoms with van der Waals surface area (Å²) in [5.74, 6) is 0.591. The number of thiazole rings is 1. The number of carbonyl (C=O) groups is 1. The summed E-state index contributed by atoms with van der Waals surface area (Å²) in [7, 11) is 0. The molecule has 0 saturated heterocycles. The van der Waals surface area contributed by atoms with Gasteiger partial charge in [-0.15, -0.1) is 11.3 Å². The lowest BCUT2D eigenvalue weighted by Gasteiger charge is -2.16. The highest BCUT2D eigenvalue weighted by atomic mass is 32.1. The SMILES string of the molecule is Cc1ccc(C)c(C(C)NC(=O)/C=C/c2ccccc2OCc2csc(C)n2)c1. The van der Waals surface area contributed by atoms with Crippen LogP contribution in [-0.2, 0) is 11.4 Å². The van der Waals surface area contributed by atoms with Crippen LogP contribution in [0.1, 0.15) is 45.9 Å². The lowest BCUT2D eigenvalue weighted by molar-refractivity contribution is -0.117. The number of para-hydroxylation sites is 1. The molecule has 0 radical (unpaired) electrons. The molecule has 1 heterocycles. The maximum atomic E-state index is 12.4. The van der Waals surface area contributed by atoms with Crippen molar-refractivity contribution in [2.75, 3.05) is 0 Å². The fourth-order valence-corrected chi connectivity index (χ4v) is 3.70. The van der Waals surface area contributed by atoms with Gasteiger partial charge in [0.05, 0.1) is 16.7 Å².